The average Bonchev–Trinajstić information content (AvgIpc) is 2.33. The second-order valence-electron chi connectivity index (χ2n) is 2.90. The van der Waals surface area contributed by atoms with Crippen LogP contribution in [0.4, 0.5) is 0 Å². The first kappa shape index (κ1) is 5.69. The lowest BCUT2D eigenvalue weighted by atomic mass is 10.0. The molecule has 2 fully saturated rings. The zero-order valence-electron chi connectivity index (χ0n) is 5.60. The summed E-state index contributed by atoms with van der Waals surface area (Å²) < 4.78 is 5.54. The predicted molar refractivity (Wildman–Crippen MR) is 35.4 cm³/mol. The van der Waals surface area contributed by atoms with Crippen molar-refractivity contribution in [1.82, 2.24) is 5.32 Å². The van der Waals surface area contributed by atoms with E-state index in [1.54, 1.807) is 0 Å². The normalized spacial score (nSPS) is 42.7. The van der Waals surface area contributed by atoms with Gasteiger partial charge in [0.25, 0.3) is 0 Å². The molecule has 2 rings (SSSR count). The molecule has 2 nitrogen and oxygen atoms in total. The second-order valence-corrected chi connectivity index (χ2v) is 2.90. The Morgan fingerprint density at radius 1 is 1.33 bits per heavy atom. The van der Waals surface area contributed by atoms with Crippen molar-refractivity contribution < 1.29 is 4.74 Å². The molecule has 0 radical (unpaired) electrons. The molecule has 0 bridgehead atoms. The summed E-state index contributed by atoms with van der Waals surface area (Å²) in [4.78, 5) is 0. The van der Waals surface area contributed by atoms with Gasteiger partial charge in [-0.1, -0.05) is 0 Å². The van der Waals surface area contributed by atoms with Gasteiger partial charge in [-0.25, -0.2) is 0 Å². The highest BCUT2D eigenvalue weighted by molar-refractivity contribution is 4.86. The van der Waals surface area contributed by atoms with Crippen LogP contribution in [0.25, 0.3) is 0 Å². The maximum absolute atomic E-state index is 5.54. The Labute approximate surface area is 55.6 Å². The van der Waals surface area contributed by atoms with E-state index in [1.807, 2.05) is 0 Å². The van der Waals surface area contributed by atoms with Gasteiger partial charge in [-0.2, -0.15) is 0 Å². The van der Waals surface area contributed by atoms with Gasteiger partial charge in [0.1, 0.15) is 0 Å². The fourth-order valence-corrected chi connectivity index (χ4v) is 1.77. The Hall–Kier alpha value is -0.0800. The number of ether oxygens (including phenoxy) is 1. The second kappa shape index (κ2) is 2.27. The molecule has 52 valence electrons. The van der Waals surface area contributed by atoms with Crippen LogP contribution < -0.4 is 5.32 Å². The number of fused-ring (bicyclic) bond motifs is 1. The van der Waals surface area contributed by atoms with E-state index in [9.17, 15) is 0 Å². The molecule has 0 aromatic carbocycles. The van der Waals surface area contributed by atoms with Crippen molar-refractivity contribution in [3.63, 3.8) is 0 Å². The van der Waals surface area contributed by atoms with Gasteiger partial charge < -0.3 is 10.1 Å². The SMILES string of the molecule is C1COC2CCNC2C1. The molecule has 2 aliphatic rings. The quantitative estimate of drug-likeness (QED) is 0.512. The molecule has 2 heterocycles. The third-order valence-electron chi connectivity index (χ3n) is 2.28. The third-order valence-corrected chi connectivity index (χ3v) is 2.28. The first-order chi connectivity index (χ1) is 4.47. The summed E-state index contributed by atoms with van der Waals surface area (Å²) in [6.45, 7) is 2.15. The van der Waals surface area contributed by atoms with E-state index in [4.69, 9.17) is 4.74 Å². The molecule has 0 aromatic rings. The summed E-state index contributed by atoms with van der Waals surface area (Å²) in [7, 11) is 0. The topological polar surface area (TPSA) is 21.3 Å². The smallest absolute Gasteiger partial charge is 0.0740 e. The monoisotopic (exact) mass is 127 g/mol. The fraction of sp³-hybridized carbons (Fsp3) is 1.00. The first-order valence-electron chi connectivity index (χ1n) is 3.82. The van der Waals surface area contributed by atoms with Gasteiger partial charge in [0.05, 0.1) is 6.10 Å². The van der Waals surface area contributed by atoms with Crippen LogP contribution in [0.3, 0.4) is 0 Å². The Bertz CT molecular complexity index is 93.1. The van der Waals surface area contributed by atoms with Crippen LogP contribution in [-0.4, -0.2) is 25.3 Å². The molecule has 0 aliphatic carbocycles. The molecule has 0 aromatic heterocycles. The van der Waals surface area contributed by atoms with E-state index in [-0.39, 0.29) is 0 Å². The van der Waals surface area contributed by atoms with Gasteiger partial charge >= 0.3 is 0 Å². The number of hydrogen-bond donors (Lipinski definition) is 1. The molecule has 9 heavy (non-hydrogen) atoms. The minimum absolute atomic E-state index is 0.554. The average molecular weight is 127 g/mol. The zero-order chi connectivity index (χ0) is 6.10. The van der Waals surface area contributed by atoms with Gasteiger partial charge in [-0.15, -0.1) is 0 Å². The Kier molecular flexibility index (Phi) is 1.44. The van der Waals surface area contributed by atoms with Crippen LogP contribution in [0.5, 0.6) is 0 Å². The third kappa shape index (κ3) is 0.970. The van der Waals surface area contributed by atoms with Crippen LogP contribution in [0.15, 0.2) is 0 Å². The van der Waals surface area contributed by atoms with Crippen molar-refractivity contribution in [2.24, 2.45) is 0 Å². The van der Waals surface area contributed by atoms with E-state index in [1.165, 1.54) is 19.3 Å². The highest BCUT2D eigenvalue weighted by Gasteiger charge is 2.29. The molecule has 2 saturated heterocycles. The summed E-state index contributed by atoms with van der Waals surface area (Å²) in [5, 5.41) is 3.43. The van der Waals surface area contributed by atoms with Crippen LogP contribution >= 0.6 is 0 Å². The van der Waals surface area contributed by atoms with Gasteiger partial charge in [-0.3, -0.25) is 0 Å². The first-order valence-corrected chi connectivity index (χ1v) is 3.82. The molecule has 1 N–H and O–H groups in total. The summed E-state index contributed by atoms with van der Waals surface area (Å²) in [6, 6.07) is 0.693. The Morgan fingerprint density at radius 3 is 3.22 bits per heavy atom. The van der Waals surface area contributed by atoms with Crippen LogP contribution in [-0.2, 0) is 4.74 Å². The zero-order valence-corrected chi connectivity index (χ0v) is 5.60. The molecule has 2 atom stereocenters. The number of rotatable bonds is 0. The van der Waals surface area contributed by atoms with Crippen LogP contribution in [0, 0.1) is 0 Å². The van der Waals surface area contributed by atoms with E-state index in [0.717, 1.165) is 13.2 Å². The molecule has 2 unspecified atom stereocenters. The standard InChI is InChI=1S/C7H13NO/c1-2-6-7(9-5-1)3-4-8-6/h6-8H,1-5H2. The van der Waals surface area contributed by atoms with Crippen LogP contribution in [0.1, 0.15) is 19.3 Å². The molecule has 0 saturated carbocycles. The highest BCUT2D eigenvalue weighted by Crippen LogP contribution is 2.20. The Morgan fingerprint density at radius 2 is 2.33 bits per heavy atom. The molecule has 2 heteroatoms. The maximum atomic E-state index is 5.54. The predicted octanol–water partition coefficient (Wildman–Crippen LogP) is 0.527. The van der Waals surface area contributed by atoms with Crippen LogP contribution in [0.2, 0.25) is 0 Å². The lowest BCUT2D eigenvalue weighted by molar-refractivity contribution is 0.0114. The van der Waals surface area contributed by atoms with E-state index < -0.39 is 0 Å². The molecule has 0 spiro atoms. The maximum Gasteiger partial charge on any atom is 0.0740 e. The van der Waals surface area contributed by atoms with Crippen molar-refractivity contribution in [3.8, 4) is 0 Å². The molecule has 0 amide bonds. The van der Waals surface area contributed by atoms with Gasteiger partial charge in [0.15, 0.2) is 0 Å². The minimum atomic E-state index is 0.554. The number of hydrogen-bond acceptors (Lipinski definition) is 2. The number of nitrogens with one attached hydrogen (secondary N) is 1. The van der Waals surface area contributed by atoms with E-state index in [2.05, 4.69) is 5.32 Å². The molecular formula is C7H13NO. The molecule has 2 aliphatic heterocycles. The minimum Gasteiger partial charge on any atom is -0.377 e. The van der Waals surface area contributed by atoms with Crippen molar-refractivity contribution in [2.45, 2.75) is 31.4 Å². The van der Waals surface area contributed by atoms with Gasteiger partial charge in [0.2, 0.25) is 0 Å². The lowest BCUT2D eigenvalue weighted by Crippen LogP contribution is -2.36. The van der Waals surface area contributed by atoms with Crippen molar-refractivity contribution in [3.05, 3.63) is 0 Å². The van der Waals surface area contributed by atoms with Gasteiger partial charge in [0, 0.05) is 12.6 Å². The summed E-state index contributed by atoms with van der Waals surface area (Å²) >= 11 is 0. The largest absolute Gasteiger partial charge is 0.377 e. The Balaban J connectivity index is 1.97. The summed E-state index contributed by atoms with van der Waals surface area (Å²) in [6.07, 6.45) is 4.35. The molecular weight excluding hydrogens is 114 g/mol. The van der Waals surface area contributed by atoms with Crippen molar-refractivity contribution in [2.75, 3.05) is 13.2 Å². The van der Waals surface area contributed by atoms with E-state index >= 15 is 0 Å². The summed E-state index contributed by atoms with van der Waals surface area (Å²) in [5.74, 6) is 0. The van der Waals surface area contributed by atoms with Crippen molar-refractivity contribution >= 4 is 0 Å². The highest BCUT2D eigenvalue weighted by atomic mass is 16.5. The van der Waals surface area contributed by atoms with Crippen molar-refractivity contribution in [1.29, 1.82) is 0 Å². The van der Waals surface area contributed by atoms with Gasteiger partial charge in [-0.05, 0) is 25.8 Å². The van der Waals surface area contributed by atoms with E-state index in [0.29, 0.717) is 12.1 Å². The fourth-order valence-electron chi connectivity index (χ4n) is 1.77. The lowest BCUT2D eigenvalue weighted by Gasteiger charge is -2.24. The summed E-state index contributed by atoms with van der Waals surface area (Å²) in [5.41, 5.74) is 0.